The van der Waals surface area contributed by atoms with Crippen LogP contribution in [0, 0.1) is 0 Å². The Morgan fingerprint density at radius 3 is 2.68 bits per heavy atom. The molecule has 0 aliphatic carbocycles. The zero-order chi connectivity index (χ0) is 22.3. The van der Waals surface area contributed by atoms with E-state index < -0.39 is 33.7 Å². The molecule has 12 nitrogen and oxygen atoms in total. The average molecular weight is 450 g/mol. The lowest BCUT2D eigenvalue weighted by Gasteiger charge is -2.32. The second-order valence-electron chi connectivity index (χ2n) is 6.70. The number of hydrogen-bond acceptors (Lipinski definition) is 8. The highest BCUT2D eigenvalue weighted by Crippen LogP contribution is 2.18. The summed E-state index contributed by atoms with van der Waals surface area (Å²) >= 11 is 0. The van der Waals surface area contributed by atoms with Gasteiger partial charge in [0.05, 0.1) is 4.90 Å². The summed E-state index contributed by atoms with van der Waals surface area (Å²) in [7, 11) is -4.27. The van der Waals surface area contributed by atoms with Crippen molar-refractivity contribution in [2.75, 3.05) is 11.9 Å². The molecule has 31 heavy (non-hydrogen) atoms. The van der Waals surface area contributed by atoms with Gasteiger partial charge in [-0.2, -0.15) is 4.72 Å². The Balaban J connectivity index is 1.80. The van der Waals surface area contributed by atoms with Crippen molar-refractivity contribution in [3.05, 3.63) is 42.7 Å². The second kappa shape index (κ2) is 9.57. The average Bonchev–Trinajstić information content (AvgIpc) is 3.45. The maximum absolute atomic E-state index is 12.9. The third-order valence-electron chi connectivity index (χ3n) is 4.46. The van der Waals surface area contributed by atoms with E-state index in [1.165, 1.54) is 30.5 Å². The van der Waals surface area contributed by atoms with Gasteiger partial charge in [0.15, 0.2) is 5.95 Å². The molecule has 1 aliphatic rings. The standard InChI is InChI=1S/C18H22N6O6S/c25-15(14-7-10-22-30-14)23-18(16(26)27,8-4-9-19-17-20-11-12-21-17)24-31(28,29)13-5-2-1-3-6-13/h1-3,5-6,10-12,14,24H,4,7-9H2,(H,23,25)(H,26,27)(H2,19,20,21). The molecule has 2 atom stereocenters. The summed E-state index contributed by atoms with van der Waals surface area (Å²) in [6.45, 7) is 0.272. The highest BCUT2D eigenvalue weighted by atomic mass is 32.2. The lowest BCUT2D eigenvalue weighted by atomic mass is 10.0. The fourth-order valence-electron chi connectivity index (χ4n) is 2.90. The third kappa shape index (κ3) is 5.58. The van der Waals surface area contributed by atoms with Gasteiger partial charge in [0.2, 0.25) is 21.8 Å². The predicted molar refractivity (Wildman–Crippen MR) is 110 cm³/mol. The number of aromatic amines is 1. The number of sulfonamides is 1. The minimum Gasteiger partial charge on any atom is -0.478 e. The molecule has 0 bridgehead atoms. The number of oxime groups is 1. The number of aliphatic carboxylic acids is 1. The van der Waals surface area contributed by atoms with E-state index in [0.29, 0.717) is 5.95 Å². The molecule has 2 unspecified atom stereocenters. The molecule has 1 aliphatic heterocycles. The van der Waals surface area contributed by atoms with Crippen LogP contribution in [0.5, 0.6) is 0 Å². The number of hydrogen-bond donors (Lipinski definition) is 5. The summed E-state index contributed by atoms with van der Waals surface area (Å²) in [5, 5.41) is 18.7. The molecule has 1 aromatic heterocycles. The number of H-pyrrole nitrogens is 1. The minimum atomic E-state index is -4.27. The van der Waals surface area contributed by atoms with Gasteiger partial charge < -0.3 is 25.6 Å². The fourth-order valence-corrected chi connectivity index (χ4v) is 4.23. The first-order chi connectivity index (χ1) is 14.8. The van der Waals surface area contributed by atoms with Gasteiger partial charge >= 0.3 is 5.97 Å². The third-order valence-corrected chi connectivity index (χ3v) is 5.97. The Kier molecular flexibility index (Phi) is 6.87. The molecule has 0 radical (unpaired) electrons. The molecule has 0 saturated carbocycles. The summed E-state index contributed by atoms with van der Waals surface area (Å²) in [6, 6.07) is 7.29. The highest BCUT2D eigenvalue weighted by molar-refractivity contribution is 7.89. The Hall–Kier alpha value is -3.45. The number of nitrogens with one attached hydrogen (secondary N) is 4. The van der Waals surface area contributed by atoms with Crippen LogP contribution in [-0.4, -0.2) is 59.9 Å². The van der Waals surface area contributed by atoms with E-state index in [4.69, 9.17) is 4.84 Å². The summed E-state index contributed by atoms with van der Waals surface area (Å²) in [6.07, 6.45) is 3.57. The maximum atomic E-state index is 12.9. The van der Waals surface area contributed by atoms with Crippen molar-refractivity contribution >= 4 is 34.1 Å². The number of carbonyl (C=O) groups is 2. The van der Waals surface area contributed by atoms with Crippen molar-refractivity contribution in [3.63, 3.8) is 0 Å². The van der Waals surface area contributed by atoms with Crippen molar-refractivity contribution in [2.45, 2.75) is 35.9 Å². The first-order valence-corrected chi connectivity index (χ1v) is 10.9. The molecule has 1 amide bonds. The van der Waals surface area contributed by atoms with Crippen LogP contribution in [0.15, 0.2) is 52.8 Å². The molecule has 5 N–H and O–H groups in total. The molecule has 3 rings (SSSR count). The largest absolute Gasteiger partial charge is 0.478 e. The lowest BCUT2D eigenvalue weighted by molar-refractivity contribution is -0.150. The topological polar surface area (TPSA) is 175 Å². The maximum Gasteiger partial charge on any atom is 0.345 e. The Labute approximate surface area is 178 Å². The van der Waals surface area contributed by atoms with Gasteiger partial charge in [-0.1, -0.05) is 23.4 Å². The van der Waals surface area contributed by atoms with Crippen LogP contribution in [0.25, 0.3) is 0 Å². The molecule has 166 valence electrons. The molecule has 0 saturated heterocycles. The van der Waals surface area contributed by atoms with Crippen LogP contribution in [0.2, 0.25) is 0 Å². The molecule has 0 spiro atoms. The molecule has 0 fully saturated rings. The molecule has 1 aromatic carbocycles. The number of carboxylic acids is 1. The van der Waals surface area contributed by atoms with E-state index in [0.717, 1.165) is 0 Å². The summed E-state index contributed by atoms with van der Waals surface area (Å²) in [5.41, 5.74) is -2.30. The lowest BCUT2D eigenvalue weighted by Crippen LogP contribution is -2.66. The number of imidazole rings is 1. The SMILES string of the molecule is O=C(NC(CCCNc1ncc[nH]1)(NS(=O)(=O)c1ccccc1)C(=O)O)C1CC=NO1. The molecular formula is C18H22N6O6S. The summed E-state index contributed by atoms with van der Waals surface area (Å²) < 4.78 is 27.9. The zero-order valence-corrected chi connectivity index (χ0v) is 17.1. The van der Waals surface area contributed by atoms with Gasteiger partial charge in [-0.3, -0.25) is 4.79 Å². The highest BCUT2D eigenvalue weighted by Gasteiger charge is 2.45. The second-order valence-corrected chi connectivity index (χ2v) is 8.39. The molecular weight excluding hydrogens is 428 g/mol. The summed E-state index contributed by atoms with van der Waals surface area (Å²) in [5.74, 6) is -1.88. The van der Waals surface area contributed by atoms with Crippen molar-refractivity contribution in [1.29, 1.82) is 0 Å². The smallest absolute Gasteiger partial charge is 0.345 e. The van der Waals surface area contributed by atoms with Crippen LogP contribution in [0.1, 0.15) is 19.3 Å². The van der Waals surface area contributed by atoms with Crippen LogP contribution in [-0.2, 0) is 24.4 Å². The number of anilines is 1. The number of aromatic nitrogens is 2. The van der Waals surface area contributed by atoms with Crippen molar-refractivity contribution in [1.82, 2.24) is 20.0 Å². The number of nitrogens with zero attached hydrogens (tertiary/aromatic N) is 2. The predicted octanol–water partition coefficient (Wildman–Crippen LogP) is 0.252. The first-order valence-electron chi connectivity index (χ1n) is 9.38. The van der Waals surface area contributed by atoms with Gasteiger partial charge in [-0.05, 0) is 25.0 Å². The number of carbonyl (C=O) groups excluding carboxylic acids is 1. The monoisotopic (exact) mass is 450 g/mol. The Morgan fingerprint density at radius 2 is 2.06 bits per heavy atom. The number of amides is 1. The quantitative estimate of drug-likeness (QED) is 0.239. The minimum absolute atomic E-state index is 0.135. The van der Waals surface area contributed by atoms with E-state index in [-0.39, 0.29) is 30.7 Å². The first kappa shape index (κ1) is 22.2. The Morgan fingerprint density at radius 1 is 1.29 bits per heavy atom. The van der Waals surface area contributed by atoms with E-state index in [1.807, 2.05) is 0 Å². The Bertz CT molecular complexity index is 1020. The normalized spacial score (nSPS) is 17.5. The fraction of sp³-hybridized carbons (Fsp3) is 0.333. The molecule has 13 heteroatoms. The number of carboxylic acid groups (broad SMARTS) is 1. The van der Waals surface area contributed by atoms with Crippen LogP contribution < -0.4 is 15.4 Å². The van der Waals surface area contributed by atoms with Gasteiger partial charge in [0.25, 0.3) is 5.91 Å². The van der Waals surface area contributed by atoms with Crippen LogP contribution in [0.3, 0.4) is 0 Å². The van der Waals surface area contributed by atoms with Gasteiger partial charge in [-0.25, -0.2) is 18.2 Å². The number of rotatable bonds is 11. The van der Waals surface area contributed by atoms with Crippen LogP contribution >= 0.6 is 0 Å². The van der Waals surface area contributed by atoms with Gasteiger partial charge in [0.1, 0.15) is 0 Å². The number of benzene rings is 1. The van der Waals surface area contributed by atoms with Crippen LogP contribution in [0.4, 0.5) is 5.95 Å². The van der Waals surface area contributed by atoms with Gasteiger partial charge in [-0.15, -0.1) is 0 Å². The summed E-state index contributed by atoms with van der Waals surface area (Å²) in [4.78, 5) is 36.4. The van der Waals surface area contributed by atoms with E-state index >= 15 is 0 Å². The zero-order valence-electron chi connectivity index (χ0n) is 16.3. The van der Waals surface area contributed by atoms with Crippen molar-refractivity contribution in [3.8, 4) is 0 Å². The van der Waals surface area contributed by atoms with Gasteiger partial charge in [0, 0.05) is 31.6 Å². The molecule has 2 aromatic rings. The van der Waals surface area contributed by atoms with Crippen molar-refractivity contribution < 1.29 is 28.0 Å². The van der Waals surface area contributed by atoms with E-state index in [1.54, 1.807) is 18.5 Å². The van der Waals surface area contributed by atoms with E-state index in [2.05, 4.69) is 30.5 Å². The van der Waals surface area contributed by atoms with Crippen molar-refractivity contribution in [2.24, 2.45) is 5.16 Å². The van der Waals surface area contributed by atoms with E-state index in [9.17, 15) is 23.1 Å². The molecule has 2 heterocycles.